The van der Waals surface area contributed by atoms with Crippen LogP contribution in [0.3, 0.4) is 0 Å². The van der Waals surface area contributed by atoms with Crippen molar-refractivity contribution >= 4 is 40.1 Å². The largest absolute Gasteiger partial charge is 0.378 e. The second-order valence-corrected chi connectivity index (χ2v) is 6.96. The number of nitrogens with one attached hydrogen (secondary N) is 1. The highest BCUT2D eigenvalue weighted by Gasteiger charge is 2.29. The Morgan fingerprint density at radius 1 is 1.26 bits per heavy atom. The number of piperidine rings is 1. The van der Waals surface area contributed by atoms with E-state index in [0.717, 1.165) is 30.5 Å². The maximum atomic E-state index is 12.0. The fourth-order valence-corrected chi connectivity index (χ4v) is 3.64. The Hall–Kier alpha value is -2.02. The molecule has 2 heterocycles. The summed E-state index contributed by atoms with van der Waals surface area (Å²) < 4.78 is 0. The number of rotatable bonds is 4. The van der Waals surface area contributed by atoms with Crippen molar-refractivity contribution in [3.63, 3.8) is 0 Å². The topological polar surface area (TPSA) is 87.8 Å². The van der Waals surface area contributed by atoms with E-state index in [-0.39, 0.29) is 23.4 Å². The van der Waals surface area contributed by atoms with Gasteiger partial charge >= 0.3 is 0 Å². The molecule has 2 aliphatic heterocycles. The van der Waals surface area contributed by atoms with Crippen molar-refractivity contribution in [1.29, 1.82) is 0 Å². The maximum absolute atomic E-state index is 12.0. The molecule has 0 unspecified atom stereocenters. The van der Waals surface area contributed by atoms with Gasteiger partial charge in [-0.3, -0.25) is 9.59 Å². The van der Waals surface area contributed by atoms with Crippen LogP contribution in [0.2, 0.25) is 0 Å². The molecular formula is C16H20N4O2S. The molecule has 1 atom stereocenters. The molecule has 0 aromatic heterocycles. The zero-order chi connectivity index (χ0) is 16.2. The summed E-state index contributed by atoms with van der Waals surface area (Å²) >= 11 is 1.14. The molecule has 0 bridgehead atoms. The SMILES string of the molecule is NC1=NC(=O)[C@H](CC(=O)Nc2ccc(N3CCCCC3)cc2)S1. The smallest absolute Gasteiger partial charge is 0.262 e. The lowest BCUT2D eigenvalue weighted by molar-refractivity contribution is -0.121. The number of amides is 2. The lowest BCUT2D eigenvalue weighted by Crippen LogP contribution is -2.29. The molecule has 7 heteroatoms. The van der Waals surface area contributed by atoms with E-state index < -0.39 is 5.25 Å². The van der Waals surface area contributed by atoms with Crippen LogP contribution in [0.5, 0.6) is 0 Å². The van der Waals surface area contributed by atoms with Crippen LogP contribution in [-0.4, -0.2) is 35.3 Å². The number of thioether (sulfide) groups is 1. The molecule has 1 saturated heterocycles. The molecule has 0 aliphatic carbocycles. The maximum Gasteiger partial charge on any atom is 0.262 e. The van der Waals surface area contributed by atoms with E-state index in [0.29, 0.717) is 0 Å². The first-order valence-electron chi connectivity index (χ1n) is 7.81. The summed E-state index contributed by atoms with van der Waals surface area (Å²) in [5.41, 5.74) is 7.41. The van der Waals surface area contributed by atoms with Gasteiger partial charge in [0.05, 0.1) is 0 Å². The van der Waals surface area contributed by atoms with Crippen molar-refractivity contribution in [2.24, 2.45) is 10.7 Å². The number of carbonyl (C=O) groups excluding carboxylic acids is 2. The van der Waals surface area contributed by atoms with E-state index in [9.17, 15) is 9.59 Å². The average Bonchev–Trinajstić information content (AvgIpc) is 2.86. The quantitative estimate of drug-likeness (QED) is 0.880. The molecule has 6 nitrogen and oxygen atoms in total. The first kappa shape index (κ1) is 15.9. The predicted octanol–water partition coefficient (Wildman–Crippen LogP) is 1.96. The number of benzene rings is 1. The molecule has 122 valence electrons. The third kappa shape index (κ3) is 4.04. The highest BCUT2D eigenvalue weighted by molar-refractivity contribution is 8.15. The molecule has 0 saturated carbocycles. The van der Waals surface area contributed by atoms with Gasteiger partial charge in [-0.25, -0.2) is 0 Å². The number of aliphatic imine (C=N–C) groups is 1. The Balaban J connectivity index is 1.53. The molecule has 1 fully saturated rings. The first-order chi connectivity index (χ1) is 11.1. The van der Waals surface area contributed by atoms with Gasteiger partial charge in [0.25, 0.3) is 5.91 Å². The minimum absolute atomic E-state index is 0.0849. The molecule has 3 rings (SSSR count). The molecular weight excluding hydrogens is 312 g/mol. The summed E-state index contributed by atoms with van der Waals surface area (Å²) in [7, 11) is 0. The predicted molar refractivity (Wildman–Crippen MR) is 93.8 cm³/mol. The molecule has 2 amide bonds. The van der Waals surface area contributed by atoms with Crippen molar-refractivity contribution < 1.29 is 9.59 Å². The van der Waals surface area contributed by atoms with Crippen LogP contribution < -0.4 is 16.0 Å². The lowest BCUT2D eigenvalue weighted by Gasteiger charge is -2.28. The van der Waals surface area contributed by atoms with Crippen LogP contribution in [0.1, 0.15) is 25.7 Å². The fourth-order valence-electron chi connectivity index (χ4n) is 2.82. The Morgan fingerprint density at radius 3 is 2.57 bits per heavy atom. The summed E-state index contributed by atoms with van der Waals surface area (Å²) in [6, 6.07) is 7.85. The third-order valence-corrected chi connectivity index (χ3v) is 4.99. The molecule has 1 aromatic rings. The van der Waals surface area contributed by atoms with Crippen LogP contribution in [0.4, 0.5) is 11.4 Å². The molecule has 0 spiro atoms. The molecule has 1 aromatic carbocycles. The van der Waals surface area contributed by atoms with Crippen LogP contribution in [0.15, 0.2) is 29.3 Å². The highest BCUT2D eigenvalue weighted by atomic mass is 32.2. The average molecular weight is 332 g/mol. The van der Waals surface area contributed by atoms with Gasteiger partial charge in [0, 0.05) is 30.9 Å². The zero-order valence-corrected chi connectivity index (χ0v) is 13.6. The van der Waals surface area contributed by atoms with E-state index >= 15 is 0 Å². The summed E-state index contributed by atoms with van der Waals surface area (Å²) in [5.74, 6) is -0.533. The van der Waals surface area contributed by atoms with Gasteiger partial charge in [0.1, 0.15) is 5.25 Å². The summed E-state index contributed by atoms with van der Waals surface area (Å²) in [5, 5.41) is 2.56. The van der Waals surface area contributed by atoms with E-state index in [4.69, 9.17) is 5.73 Å². The molecule has 2 aliphatic rings. The Kier molecular flexibility index (Phi) is 4.85. The first-order valence-corrected chi connectivity index (χ1v) is 8.69. The van der Waals surface area contributed by atoms with Crippen molar-refractivity contribution in [2.75, 3.05) is 23.3 Å². The second kappa shape index (κ2) is 7.04. The van der Waals surface area contributed by atoms with Gasteiger partial charge in [-0.2, -0.15) is 4.99 Å². The van der Waals surface area contributed by atoms with Gasteiger partial charge in [-0.1, -0.05) is 11.8 Å². The number of anilines is 2. The van der Waals surface area contributed by atoms with Crippen LogP contribution in [-0.2, 0) is 9.59 Å². The van der Waals surface area contributed by atoms with E-state index in [1.165, 1.54) is 24.9 Å². The highest BCUT2D eigenvalue weighted by Crippen LogP contribution is 2.24. The number of hydrogen-bond acceptors (Lipinski definition) is 5. The Labute approximate surface area is 139 Å². The zero-order valence-electron chi connectivity index (χ0n) is 12.8. The number of nitrogens with zero attached hydrogens (tertiary/aromatic N) is 2. The number of amidine groups is 1. The minimum atomic E-state index is -0.498. The number of carbonyl (C=O) groups is 2. The minimum Gasteiger partial charge on any atom is -0.378 e. The summed E-state index contributed by atoms with van der Waals surface area (Å²) in [4.78, 5) is 29.5. The normalized spacial score (nSPS) is 21.2. The second-order valence-electron chi connectivity index (χ2n) is 5.74. The van der Waals surface area contributed by atoms with Gasteiger partial charge < -0.3 is 16.0 Å². The van der Waals surface area contributed by atoms with Crippen LogP contribution >= 0.6 is 11.8 Å². The van der Waals surface area contributed by atoms with Gasteiger partial charge in [-0.15, -0.1) is 0 Å². The van der Waals surface area contributed by atoms with E-state index in [2.05, 4.69) is 15.2 Å². The third-order valence-electron chi connectivity index (χ3n) is 4.00. The Morgan fingerprint density at radius 2 is 1.96 bits per heavy atom. The molecule has 23 heavy (non-hydrogen) atoms. The fraction of sp³-hybridized carbons (Fsp3) is 0.438. The number of hydrogen-bond donors (Lipinski definition) is 2. The van der Waals surface area contributed by atoms with Crippen molar-refractivity contribution in [3.05, 3.63) is 24.3 Å². The van der Waals surface area contributed by atoms with Crippen LogP contribution in [0.25, 0.3) is 0 Å². The van der Waals surface area contributed by atoms with Crippen molar-refractivity contribution in [2.45, 2.75) is 30.9 Å². The van der Waals surface area contributed by atoms with Crippen LogP contribution in [0, 0.1) is 0 Å². The van der Waals surface area contributed by atoms with E-state index in [1.54, 1.807) is 0 Å². The number of nitrogens with two attached hydrogens (primary N) is 1. The standard InChI is InChI=1S/C16H20N4O2S/c17-16-19-15(22)13(23-16)10-14(21)18-11-4-6-12(7-5-11)20-8-2-1-3-9-20/h4-7,13H,1-3,8-10H2,(H,18,21)(H2,17,19,22)/t13-/m0/s1. The lowest BCUT2D eigenvalue weighted by atomic mass is 10.1. The summed E-state index contributed by atoms with van der Waals surface area (Å²) in [6.45, 7) is 2.18. The van der Waals surface area contributed by atoms with Gasteiger partial charge in [0.2, 0.25) is 5.91 Å². The van der Waals surface area contributed by atoms with Crippen molar-refractivity contribution in [3.8, 4) is 0 Å². The van der Waals surface area contributed by atoms with Gasteiger partial charge in [0.15, 0.2) is 5.17 Å². The monoisotopic (exact) mass is 332 g/mol. The summed E-state index contributed by atoms with van der Waals surface area (Å²) in [6.07, 6.45) is 3.85. The van der Waals surface area contributed by atoms with Crippen molar-refractivity contribution in [1.82, 2.24) is 0 Å². The van der Waals surface area contributed by atoms with E-state index in [1.807, 2.05) is 24.3 Å². The molecule has 3 N–H and O–H groups in total. The van der Waals surface area contributed by atoms with Gasteiger partial charge in [-0.05, 0) is 43.5 Å². The Bertz CT molecular complexity index is 623. The molecule has 0 radical (unpaired) electrons.